The molecule has 0 spiro atoms. The molecule has 1 aliphatic carbocycles. The van der Waals surface area contributed by atoms with Crippen LogP contribution in [-0.2, 0) is 0 Å². The molecule has 0 aromatic carbocycles. The van der Waals surface area contributed by atoms with Gasteiger partial charge < -0.3 is 10.8 Å². The summed E-state index contributed by atoms with van der Waals surface area (Å²) in [6.45, 7) is 2.09. The molecule has 0 aliphatic heterocycles. The second kappa shape index (κ2) is 5.10. The largest absolute Gasteiger partial charge is 0.391 e. The van der Waals surface area contributed by atoms with E-state index in [1.54, 1.807) is 11.8 Å². The molecule has 1 fully saturated rings. The SMILES string of the molecule is CCSc1cc(N)n(C2CCCCC2O)n1. The molecule has 1 saturated carbocycles. The van der Waals surface area contributed by atoms with Gasteiger partial charge in [-0.1, -0.05) is 19.8 Å². The van der Waals surface area contributed by atoms with Crippen molar-refractivity contribution in [3.63, 3.8) is 0 Å². The van der Waals surface area contributed by atoms with Gasteiger partial charge in [-0.25, -0.2) is 4.68 Å². The van der Waals surface area contributed by atoms with Crippen LogP contribution in [0.4, 0.5) is 5.82 Å². The molecular formula is C11H19N3OS. The summed E-state index contributed by atoms with van der Waals surface area (Å²) in [6.07, 6.45) is 3.80. The Morgan fingerprint density at radius 1 is 1.56 bits per heavy atom. The van der Waals surface area contributed by atoms with E-state index >= 15 is 0 Å². The van der Waals surface area contributed by atoms with Gasteiger partial charge in [0.25, 0.3) is 0 Å². The molecule has 3 N–H and O–H groups in total. The molecule has 0 saturated heterocycles. The van der Waals surface area contributed by atoms with Gasteiger partial charge in [-0.15, -0.1) is 11.8 Å². The molecule has 0 amide bonds. The Labute approximate surface area is 100 Å². The number of aliphatic hydroxyl groups excluding tert-OH is 1. The highest BCUT2D eigenvalue weighted by atomic mass is 32.2. The van der Waals surface area contributed by atoms with Crippen LogP contribution < -0.4 is 5.73 Å². The van der Waals surface area contributed by atoms with Crippen LogP contribution in [-0.4, -0.2) is 26.7 Å². The Balaban J connectivity index is 2.18. The highest BCUT2D eigenvalue weighted by molar-refractivity contribution is 7.99. The Morgan fingerprint density at radius 2 is 2.31 bits per heavy atom. The molecule has 2 atom stereocenters. The number of rotatable bonds is 3. The molecule has 4 nitrogen and oxygen atoms in total. The number of nitrogens with zero attached hydrogens (tertiary/aromatic N) is 2. The number of nitrogen functional groups attached to an aromatic ring is 1. The van der Waals surface area contributed by atoms with Crippen LogP contribution in [0.25, 0.3) is 0 Å². The first-order valence-electron chi connectivity index (χ1n) is 5.88. The second-order valence-electron chi connectivity index (χ2n) is 4.20. The van der Waals surface area contributed by atoms with Crippen molar-refractivity contribution in [3.05, 3.63) is 6.07 Å². The molecule has 1 aromatic heterocycles. The van der Waals surface area contributed by atoms with E-state index in [1.165, 1.54) is 0 Å². The van der Waals surface area contributed by atoms with Crippen LogP contribution in [0.3, 0.4) is 0 Å². The molecule has 0 bridgehead atoms. The van der Waals surface area contributed by atoms with Gasteiger partial charge in [0.2, 0.25) is 0 Å². The minimum Gasteiger partial charge on any atom is -0.391 e. The maximum Gasteiger partial charge on any atom is 0.123 e. The van der Waals surface area contributed by atoms with Gasteiger partial charge in [0, 0.05) is 6.07 Å². The van der Waals surface area contributed by atoms with Crippen molar-refractivity contribution >= 4 is 17.6 Å². The van der Waals surface area contributed by atoms with Gasteiger partial charge in [-0.05, 0) is 18.6 Å². The van der Waals surface area contributed by atoms with Crippen LogP contribution in [0.5, 0.6) is 0 Å². The zero-order valence-electron chi connectivity index (χ0n) is 9.59. The van der Waals surface area contributed by atoms with E-state index in [1.807, 2.05) is 10.7 Å². The molecule has 5 heteroatoms. The van der Waals surface area contributed by atoms with Crippen molar-refractivity contribution in [1.82, 2.24) is 9.78 Å². The highest BCUT2D eigenvalue weighted by Gasteiger charge is 2.26. The first-order valence-corrected chi connectivity index (χ1v) is 6.86. The van der Waals surface area contributed by atoms with Crippen molar-refractivity contribution in [2.24, 2.45) is 0 Å². The average molecular weight is 241 g/mol. The predicted molar refractivity (Wildman–Crippen MR) is 66.5 cm³/mol. The minimum absolute atomic E-state index is 0.0694. The summed E-state index contributed by atoms with van der Waals surface area (Å²) in [5, 5.41) is 15.4. The molecule has 16 heavy (non-hydrogen) atoms. The molecule has 90 valence electrons. The maximum absolute atomic E-state index is 9.96. The summed E-state index contributed by atoms with van der Waals surface area (Å²) >= 11 is 1.68. The normalized spacial score (nSPS) is 25.9. The Hall–Kier alpha value is -0.680. The third-order valence-corrected chi connectivity index (χ3v) is 3.83. The number of anilines is 1. The summed E-state index contributed by atoms with van der Waals surface area (Å²) in [4.78, 5) is 0. The Morgan fingerprint density at radius 3 is 3.00 bits per heavy atom. The predicted octanol–water partition coefficient (Wildman–Crippen LogP) is 2.05. The fraction of sp³-hybridized carbons (Fsp3) is 0.727. The van der Waals surface area contributed by atoms with Crippen molar-refractivity contribution < 1.29 is 5.11 Å². The van der Waals surface area contributed by atoms with Crippen molar-refractivity contribution in [2.45, 2.75) is 49.8 Å². The zero-order chi connectivity index (χ0) is 11.5. The minimum atomic E-state index is -0.296. The van der Waals surface area contributed by atoms with Gasteiger partial charge in [0.05, 0.1) is 12.1 Å². The Bertz CT molecular complexity index is 353. The summed E-state index contributed by atoms with van der Waals surface area (Å²) in [6, 6.07) is 1.97. The van der Waals surface area contributed by atoms with Crippen LogP contribution in [0.15, 0.2) is 11.1 Å². The van der Waals surface area contributed by atoms with E-state index in [0.29, 0.717) is 5.82 Å². The van der Waals surface area contributed by atoms with Gasteiger partial charge in [0.1, 0.15) is 10.8 Å². The quantitative estimate of drug-likeness (QED) is 0.795. The van der Waals surface area contributed by atoms with Crippen LogP contribution in [0.1, 0.15) is 38.6 Å². The lowest BCUT2D eigenvalue weighted by molar-refractivity contribution is 0.0700. The number of hydrogen-bond acceptors (Lipinski definition) is 4. The van der Waals surface area contributed by atoms with Crippen molar-refractivity contribution in [3.8, 4) is 0 Å². The maximum atomic E-state index is 9.96. The molecule has 2 unspecified atom stereocenters. The highest BCUT2D eigenvalue weighted by Crippen LogP contribution is 2.31. The third kappa shape index (κ3) is 2.35. The number of hydrogen-bond donors (Lipinski definition) is 2. The first kappa shape index (κ1) is 11.8. The fourth-order valence-corrected chi connectivity index (χ4v) is 2.89. The summed E-state index contributed by atoms with van der Waals surface area (Å²) in [5.74, 6) is 1.66. The van der Waals surface area contributed by atoms with E-state index in [2.05, 4.69) is 12.0 Å². The lowest BCUT2D eigenvalue weighted by Gasteiger charge is -2.28. The molecule has 1 aromatic rings. The molecule has 0 radical (unpaired) electrons. The average Bonchev–Trinajstić information content (AvgIpc) is 2.61. The number of nitrogens with two attached hydrogens (primary N) is 1. The zero-order valence-corrected chi connectivity index (χ0v) is 10.4. The lowest BCUT2D eigenvalue weighted by Crippen LogP contribution is -2.29. The fourth-order valence-electron chi connectivity index (χ4n) is 2.25. The van der Waals surface area contributed by atoms with Gasteiger partial charge in [0.15, 0.2) is 0 Å². The summed E-state index contributed by atoms with van der Waals surface area (Å²) < 4.78 is 1.81. The standard InChI is InChI=1S/C11H19N3OS/c1-2-16-11-7-10(12)14(13-11)8-5-3-4-6-9(8)15/h7-9,15H,2-6,12H2,1H3. The van der Waals surface area contributed by atoms with Gasteiger partial charge in [-0.2, -0.15) is 5.10 Å². The molecular weight excluding hydrogens is 222 g/mol. The first-order chi connectivity index (χ1) is 7.72. The van der Waals surface area contributed by atoms with Crippen LogP contribution >= 0.6 is 11.8 Å². The Kier molecular flexibility index (Phi) is 3.76. The van der Waals surface area contributed by atoms with E-state index in [4.69, 9.17) is 5.73 Å². The smallest absolute Gasteiger partial charge is 0.123 e. The molecule has 1 aliphatic rings. The van der Waals surface area contributed by atoms with E-state index in [-0.39, 0.29) is 12.1 Å². The topological polar surface area (TPSA) is 64.1 Å². The van der Waals surface area contributed by atoms with Gasteiger partial charge in [-0.3, -0.25) is 0 Å². The second-order valence-corrected chi connectivity index (χ2v) is 5.49. The monoisotopic (exact) mass is 241 g/mol. The molecule has 1 heterocycles. The lowest BCUT2D eigenvalue weighted by atomic mass is 9.93. The number of thioether (sulfide) groups is 1. The van der Waals surface area contributed by atoms with E-state index < -0.39 is 0 Å². The van der Waals surface area contributed by atoms with Crippen LogP contribution in [0.2, 0.25) is 0 Å². The number of aromatic nitrogens is 2. The molecule has 2 rings (SSSR count). The van der Waals surface area contributed by atoms with E-state index in [9.17, 15) is 5.11 Å². The van der Waals surface area contributed by atoms with Crippen LogP contribution in [0, 0.1) is 0 Å². The van der Waals surface area contributed by atoms with Crippen molar-refractivity contribution in [2.75, 3.05) is 11.5 Å². The summed E-state index contributed by atoms with van der Waals surface area (Å²) in [7, 11) is 0. The third-order valence-electron chi connectivity index (χ3n) is 3.04. The van der Waals surface area contributed by atoms with Crippen molar-refractivity contribution in [1.29, 1.82) is 0 Å². The summed E-state index contributed by atoms with van der Waals surface area (Å²) in [5.41, 5.74) is 5.94. The van der Waals surface area contributed by atoms with E-state index in [0.717, 1.165) is 36.5 Å². The van der Waals surface area contributed by atoms with Gasteiger partial charge >= 0.3 is 0 Å². The number of aliphatic hydroxyl groups is 1.